The van der Waals surface area contributed by atoms with Gasteiger partial charge in [0.15, 0.2) is 0 Å². The van der Waals surface area contributed by atoms with Gasteiger partial charge in [-0.15, -0.1) is 0 Å². The molecule has 13 heavy (non-hydrogen) atoms. The summed E-state index contributed by atoms with van der Waals surface area (Å²) in [5, 5.41) is 11.5. The molecule has 1 amide bonds. The highest BCUT2D eigenvalue weighted by atomic mass is 16.5. The molecule has 5 nitrogen and oxygen atoms in total. The number of rotatable bonds is 2. The molecule has 0 aromatic rings. The van der Waals surface area contributed by atoms with Crippen LogP contribution >= 0.6 is 0 Å². The Morgan fingerprint density at radius 3 is 2.77 bits per heavy atom. The Balaban J connectivity index is 2.05. The van der Waals surface area contributed by atoms with Gasteiger partial charge in [0.2, 0.25) is 5.91 Å². The molecule has 0 aromatic carbocycles. The number of amidine groups is 1. The predicted octanol–water partition coefficient (Wildman–Crippen LogP) is -0.338. The summed E-state index contributed by atoms with van der Waals surface area (Å²) in [6.45, 7) is 0.675. The first-order chi connectivity index (χ1) is 6.31. The lowest BCUT2D eigenvalue weighted by molar-refractivity contribution is -0.120. The second-order valence-corrected chi connectivity index (χ2v) is 3.49. The third-order valence-corrected chi connectivity index (χ3v) is 2.36. The lowest BCUT2D eigenvalue weighted by Gasteiger charge is -2.08. The van der Waals surface area contributed by atoms with E-state index >= 15 is 0 Å². The van der Waals surface area contributed by atoms with Crippen molar-refractivity contribution in [2.75, 3.05) is 6.54 Å². The van der Waals surface area contributed by atoms with Crippen molar-refractivity contribution < 1.29 is 10.0 Å². The van der Waals surface area contributed by atoms with E-state index in [0.29, 0.717) is 18.4 Å². The number of carbonyl (C=O) groups excluding carboxylic acids is 1. The molecule has 5 heteroatoms. The van der Waals surface area contributed by atoms with Crippen LogP contribution in [-0.4, -0.2) is 29.5 Å². The fraction of sp³-hybridized carbons (Fsp3) is 0.750. The molecule has 3 N–H and O–H groups in total. The SMILES string of the molecule is O=C1NCC[C@H]1C(=NC1CC1)NO. The van der Waals surface area contributed by atoms with Crippen molar-refractivity contribution >= 4 is 11.7 Å². The van der Waals surface area contributed by atoms with Gasteiger partial charge in [0.1, 0.15) is 5.84 Å². The van der Waals surface area contributed by atoms with Crippen LogP contribution in [0, 0.1) is 5.92 Å². The third kappa shape index (κ3) is 1.80. The Hall–Kier alpha value is -1.10. The smallest absolute Gasteiger partial charge is 0.230 e. The van der Waals surface area contributed by atoms with Crippen molar-refractivity contribution in [2.24, 2.45) is 10.9 Å². The number of hydroxylamine groups is 1. The molecule has 0 radical (unpaired) electrons. The quantitative estimate of drug-likeness (QED) is 0.311. The lowest BCUT2D eigenvalue weighted by atomic mass is 10.1. The normalized spacial score (nSPS) is 28.8. The maximum Gasteiger partial charge on any atom is 0.230 e. The Kier molecular flexibility index (Phi) is 2.18. The second-order valence-electron chi connectivity index (χ2n) is 3.49. The first-order valence-electron chi connectivity index (χ1n) is 4.57. The van der Waals surface area contributed by atoms with E-state index < -0.39 is 0 Å². The molecule has 2 aliphatic rings. The minimum Gasteiger partial charge on any atom is -0.355 e. The Labute approximate surface area is 76.2 Å². The van der Waals surface area contributed by atoms with Crippen molar-refractivity contribution in [3.63, 3.8) is 0 Å². The number of nitrogens with zero attached hydrogens (tertiary/aromatic N) is 1. The van der Waals surface area contributed by atoms with Crippen molar-refractivity contribution in [3.05, 3.63) is 0 Å². The van der Waals surface area contributed by atoms with Gasteiger partial charge in [0, 0.05) is 6.54 Å². The number of carbonyl (C=O) groups is 1. The zero-order valence-corrected chi connectivity index (χ0v) is 7.29. The van der Waals surface area contributed by atoms with Crippen LogP contribution in [0.1, 0.15) is 19.3 Å². The van der Waals surface area contributed by atoms with E-state index in [4.69, 9.17) is 5.21 Å². The molecular weight excluding hydrogens is 170 g/mol. The highest BCUT2D eigenvalue weighted by molar-refractivity contribution is 6.03. The number of aliphatic imine (C=N–C) groups is 1. The lowest BCUT2D eigenvalue weighted by Crippen LogP contribution is -2.33. The summed E-state index contributed by atoms with van der Waals surface area (Å²) in [4.78, 5) is 15.5. The molecule has 1 saturated carbocycles. The van der Waals surface area contributed by atoms with Crippen molar-refractivity contribution in [1.29, 1.82) is 0 Å². The van der Waals surface area contributed by atoms with Crippen molar-refractivity contribution in [2.45, 2.75) is 25.3 Å². The van der Waals surface area contributed by atoms with Crippen LogP contribution in [0.3, 0.4) is 0 Å². The summed E-state index contributed by atoms with van der Waals surface area (Å²) in [5.41, 5.74) is 2.03. The van der Waals surface area contributed by atoms with E-state index in [2.05, 4.69) is 10.3 Å². The van der Waals surface area contributed by atoms with Crippen LogP contribution in [0.4, 0.5) is 0 Å². The number of hydrogen-bond acceptors (Lipinski definition) is 3. The van der Waals surface area contributed by atoms with Crippen LogP contribution < -0.4 is 10.8 Å². The van der Waals surface area contributed by atoms with Gasteiger partial charge < -0.3 is 5.32 Å². The predicted molar refractivity (Wildman–Crippen MR) is 46.5 cm³/mol. The first-order valence-corrected chi connectivity index (χ1v) is 4.57. The Morgan fingerprint density at radius 2 is 2.31 bits per heavy atom. The Morgan fingerprint density at radius 1 is 1.54 bits per heavy atom. The second kappa shape index (κ2) is 3.33. The molecule has 0 spiro atoms. The molecule has 2 rings (SSSR count). The maximum absolute atomic E-state index is 11.2. The zero-order valence-electron chi connectivity index (χ0n) is 7.29. The summed E-state index contributed by atoms with van der Waals surface area (Å²) in [6.07, 6.45) is 2.86. The van der Waals surface area contributed by atoms with Gasteiger partial charge in [-0.2, -0.15) is 0 Å². The number of amides is 1. The summed E-state index contributed by atoms with van der Waals surface area (Å²) in [5.74, 6) is 0.115. The highest BCUT2D eigenvalue weighted by Crippen LogP contribution is 2.25. The minimum absolute atomic E-state index is 0.0408. The van der Waals surface area contributed by atoms with Crippen LogP contribution in [0.5, 0.6) is 0 Å². The van der Waals surface area contributed by atoms with E-state index in [1.807, 2.05) is 5.48 Å². The maximum atomic E-state index is 11.2. The molecule has 1 aliphatic carbocycles. The molecule has 1 aliphatic heterocycles. The standard InChI is InChI=1S/C8H13N3O2/c12-8-6(3-4-9-8)7(11-13)10-5-1-2-5/h5-6,13H,1-4H2,(H,9,12)(H,10,11)/t6-/m0/s1. The van der Waals surface area contributed by atoms with Gasteiger partial charge in [0.25, 0.3) is 0 Å². The topological polar surface area (TPSA) is 73.7 Å². The summed E-state index contributed by atoms with van der Waals surface area (Å²) in [7, 11) is 0. The van der Waals surface area contributed by atoms with Crippen LogP contribution in [-0.2, 0) is 4.79 Å². The summed E-state index contributed by atoms with van der Waals surface area (Å²) >= 11 is 0. The molecule has 0 aromatic heterocycles. The van der Waals surface area contributed by atoms with Crippen LogP contribution in [0.2, 0.25) is 0 Å². The van der Waals surface area contributed by atoms with Gasteiger partial charge in [-0.25, -0.2) is 0 Å². The van der Waals surface area contributed by atoms with Crippen molar-refractivity contribution in [1.82, 2.24) is 10.8 Å². The van der Waals surface area contributed by atoms with Gasteiger partial charge >= 0.3 is 0 Å². The van der Waals surface area contributed by atoms with E-state index in [1.54, 1.807) is 0 Å². The molecule has 72 valence electrons. The van der Waals surface area contributed by atoms with Gasteiger partial charge in [-0.3, -0.25) is 20.5 Å². The van der Waals surface area contributed by atoms with Crippen molar-refractivity contribution in [3.8, 4) is 0 Å². The molecule has 0 bridgehead atoms. The van der Waals surface area contributed by atoms with Gasteiger partial charge in [0.05, 0.1) is 12.0 Å². The van der Waals surface area contributed by atoms with Crippen LogP contribution in [0.25, 0.3) is 0 Å². The van der Waals surface area contributed by atoms with E-state index in [-0.39, 0.29) is 11.8 Å². The molecule has 1 heterocycles. The van der Waals surface area contributed by atoms with E-state index in [1.165, 1.54) is 0 Å². The zero-order chi connectivity index (χ0) is 9.26. The monoisotopic (exact) mass is 183 g/mol. The largest absolute Gasteiger partial charge is 0.355 e. The number of nitrogens with one attached hydrogen (secondary N) is 2. The number of hydrogen-bond donors (Lipinski definition) is 3. The highest BCUT2D eigenvalue weighted by Gasteiger charge is 2.31. The fourth-order valence-electron chi connectivity index (χ4n) is 1.45. The Bertz CT molecular complexity index is 248. The van der Waals surface area contributed by atoms with Gasteiger partial charge in [-0.1, -0.05) is 0 Å². The summed E-state index contributed by atoms with van der Waals surface area (Å²) in [6, 6.07) is 0.322. The van der Waals surface area contributed by atoms with E-state index in [0.717, 1.165) is 19.3 Å². The van der Waals surface area contributed by atoms with Gasteiger partial charge in [-0.05, 0) is 19.3 Å². The summed E-state index contributed by atoms with van der Waals surface area (Å²) < 4.78 is 0. The molecule has 2 fully saturated rings. The first kappa shape index (κ1) is 8.50. The van der Waals surface area contributed by atoms with Crippen LogP contribution in [0.15, 0.2) is 4.99 Å². The molecule has 1 saturated heterocycles. The minimum atomic E-state index is -0.273. The third-order valence-electron chi connectivity index (χ3n) is 2.36. The van der Waals surface area contributed by atoms with E-state index in [9.17, 15) is 4.79 Å². The molecular formula is C8H13N3O2. The molecule has 0 unspecified atom stereocenters. The fourth-order valence-corrected chi connectivity index (χ4v) is 1.45. The average Bonchev–Trinajstić information content (AvgIpc) is 2.85. The molecule has 1 atom stereocenters. The average molecular weight is 183 g/mol.